The Morgan fingerprint density at radius 2 is 1.10 bits per heavy atom. The largest absolute Gasteiger partial charge is 0.507 e. The molecule has 0 heterocycles. The Bertz CT molecular complexity index is 964. The lowest BCUT2D eigenvalue weighted by atomic mass is 9.70. The monoisotopic (exact) mass is 563 g/mol. The number of hydrogen-bond acceptors (Lipinski definition) is 1. The molecule has 2 unspecified atom stereocenters. The topological polar surface area (TPSA) is 20.2 Å². The van der Waals surface area contributed by atoms with E-state index in [1.54, 1.807) is 0 Å². The summed E-state index contributed by atoms with van der Waals surface area (Å²) >= 11 is 0. The van der Waals surface area contributed by atoms with Gasteiger partial charge >= 0.3 is 0 Å². The van der Waals surface area contributed by atoms with Crippen LogP contribution in [-0.2, 0) is 5.41 Å². The van der Waals surface area contributed by atoms with Gasteiger partial charge in [0.15, 0.2) is 0 Å². The normalized spacial score (nSPS) is 13.9. The first-order chi connectivity index (χ1) is 19.5. The summed E-state index contributed by atoms with van der Waals surface area (Å²) in [6.45, 7) is 18.6. The van der Waals surface area contributed by atoms with Gasteiger partial charge in [0.1, 0.15) is 5.75 Å². The van der Waals surface area contributed by atoms with Crippen LogP contribution in [-0.4, -0.2) is 5.11 Å². The molecule has 0 aliphatic heterocycles. The van der Waals surface area contributed by atoms with E-state index in [1.165, 1.54) is 101 Å². The molecular weight excluding hydrogens is 496 g/mol. The molecule has 2 atom stereocenters. The lowest BCUT2D eigenvalue weighted by molar-refractivity contribution is 0.283. The third-order valence-corrected chi connectivity index (χ3v) is 9.21. The van der Waals surface area contributed by atoms with Gasteiger partial charge in [-0.3, -0.25) is 0 Å². The number of hydrogen-bond donors (Lipinski definition) is 1. The Hall–Kier alpha value is -1.76. The van der Waals surface area contributed by atoms with Gasteiger partial charge in [0.05, 0.1) is 0 Å². The minimum absolute atomic E-state index is 0.0423. The van der Waals surface area contributed by atoms with Gasteiger partial charge in [-0.2, -0.15) is 0 Å². The predicted octanol–water partition coefficient (Wildman–Crippen LogP) is 13.2. The van der Waals surface area contributed by atoms with Gasteiger partial charge in [-0.15, -0.1) is 0 Å². The maximum Gasteiger partial charge on any atom is 0.122 e. The molecule has 0 fully saturated rings. The molecule has 0 aliphatic carbocycles. The molecule has 232 valence electrons. The predicted molar refractivity (Wildman–Crippen MR) is 183 cm³/mol. The van der Waals surface area contributed by atoms with Crippen LogP contribution in [0.1, 0.15) is 192 Å². The summed E-state index contributed by atoms with van der Waals surface area (Å²) in [6.07, 6.45) is 21.7. The fourth-order valence-electron chi connectivity index (χ4n) is 6.93. The van der Waals surface area contributed by atoms with E-state index in [9.17, 15) is 5.11 Å². The van der Waals surface area contributed by atoms with Crippen molar-refractivity contribution in [3.63, 3.8) is 0 Å². The minimum Gasteiger partial charge on any atom is -0.507 e. The van der Waals surface area contributed by atoms with Gasteiger partial charge < -0.3 is 5.11 Å². The number of phenolic OH excluding ortho intramolecular Hbond substituents is 1. The van der Waals surface area contributed by atoms with Gasteiger partial charge in [0.2, 0.25) is 0 Å². The highest BCUT2D eigenvalue weighted by molar-refractivity contribution is 5.51. The molecule has 2 aromatic carbocycles. The molecule has 0 amide bonds. The number of benzene rings is 2. The average molecular weight is 563 g/mol. The summed E-state index contributed by atoms with van der Waals surface area (Å²) in [4.78, 5) is 0. The van der Waals surface area contributed by atoms with Crippen LogP contribution >= 0.6 is 0 Å². The van der Waals surface area contributed by atoms with Crippen molar-refractivity contribution < 1.29 is 5.11 Å². The highest BCUT2D eigenvalue weighted by atomic mass is 16.3. The highest BCUT2D eigenvalue weighted by Crippen LogP contribution is 2.44. The van der Waals surface area contributed by atoms with Gasteiger partial charge in [-0.1, -0.05) is 188 Å². The van der Waals surface area contributed by atoms with Crippen LogP contribution in [0.3, 0.4) is 0 Å². The molecule has 0 aliphatic rings. The summed E-state index contributed by atoms with van der Waals surface area (Å²) in [5.41, 5.74) is 5.15. The second-order valence-corrected chi connectivity index (χ2v) is 15.0. The Morgan fingerprint density at radius 3 is 1.59 bits per heavy atom. The van der Waals surface area contributed by atoms with Crippen molar-refractivity contribution in [2.24, 2.45) is 5.41 Å². The van der Waals surface area contributed by atoms with E-state index in [-0.39, 0.29) is 16.7 Å². The van der Waals surface area contributed by atoms with Crippen LogP contribution < -0.4 is 0 Å². The molecule has 0 bridgehead atoms. The lowest BCUT2D eigenvalue weighted by Crippen LogP contribution is -2.25. The van der Waals surface area contributed by atoms with E-state index in [4.69, 9.17) is 0 Å². The Labute approximate surface area is 256 Å². The Balaban J connectivity index is 1.94. The van der Waals surface area contributed by atoms with Crippen molar-refractivity contribution in [2.75, 3.05) is 0 Å². The molecule has 0 radical (unpaired) electrons. The molecule has 1 nitrogen and oxygen atoms in total. The third kappa shape index (κ3) is 13.0. The van der Waals surface area contributed by atoms with Crippen molar-refractivity contribution in [1.29, 1.82) is 0 Å². The van der Waals surface area contributed by atoms with Crippen molar-refractivity contribution in [1.82, 2.24) is 0 Å². The molecule has 0 saturated carbocycles. The van der Waals surface area contributed by atoms with Crippen molar-refractivity contribution >= 4 is 0 Å². The summed E-state index contributed by atoms with van der Waals surface area (Å²) in [5.74, 6) is 1.04. The molecule has 0 saturated heterocycles. The van der Waals surface area contributed by atoms with Crippen LogP contribution in [0, 0.1) is 5.41 Å². The number of aromatic hydroxyl groups is 1. The minimum atomic E-state index is 0.0423. The van der Waals surface area contributed by atoms with Crippen LogP contribution in [0.2, 0.25) is 0 Å². The quantitative estimate of drug-likeness (QED) is 0.159. The molecule has 0 spiro atoms. The van der Waals surface area contributed by atoms with Crippen LogP contribution in [0.4, 0.5) is 0 Å². The van der Waals surface area contributed by atoms with Gasteiger partial charge in [-0.25, -0.2) is 0 Å². The zero-order valence-corrected chi connectivity index (χ0v) is 28.5. The lowest BCUT2D eigenvalue weighted by Gasteiger charge is -2.34. The molecule has 41 heavy (non-hydrogen) atoms. The summed E-state index contributed by atoms with van der Waals surface area (Å²) in [7, 11) is 0. The van der Waals surface area contributed by atoms with Crippen molar-refractivity contribution in [3.8, 4) is 5.75 Å². The fourth-order valence-corrected chi connectivity index (χ4v) is 6.93. The molecule has 1 N–H and O–H groups in total. The average Bonchev–Trinajstić information content (AvgIpc) is 2.92. The summed E-state index contributed by atoms with van der Waals surface area (Å²) < 4.78 is 0. The molecule has 2 aromatic rings. The van der Waals surface area contributed by atoms with Crippen LogP contribution in [0.25, 0.3) is 0 Å². The van der Waals surface area contributed by atoms with E-state index in [0.717, 1.165) is 24.0 Å². The zero-order valence-electron chi connectivity index (χ0n) is 28.5. The molecule has 0 aromatic heterocycles. The van der Waals surface area contributed by atoms with Gasteiger partial charge in [0, 0.05) is 11.5 Å². The first kappa shape index (κ1) is 35.4. The first-order valence-electron chi connectivity index (χ1n) is 17.4. The molecule has 2 rings (SSSR count). The van der Waals surface area contributed by atoms with Crippen LogP contribution in [0.5, 0.6) is 5.75 Å². The van der Waals surface area contributed by atoms with E-state index >= 15 is 0 Å². The Morgan fingerprint density at radius 1 is 0.634 bits per heavy atom. The molecular formula is C40H66O. The van der Waals surface area contributed by atoms with Crippen molar-refractivity contribution in [2.45, 2.75) is 175 Å². The fraction of sp³-hybridized carbons (Fsp3) is 0.700. The van der Waals surface area contributed by atoms with Crippen molar-refractivity contribution in [3.05, 3.63) is 64.7 Å². The van der Waals surface area contributed by atoms with Gasteiger partial charge in [-0.05, 0) is 46.3 Å². The van der Waals surface area contributed by atoms with E-state index < -0.39 is 0 Å². The summed E-state index contributed by atoms with van der Waals surface area (Å²) in [6, 6.07) is 15.3. The SMILES string of the molecule is CCCCCCCCCCCCCCCCC(C)c1cc(C(C)(C)CC(C)(C)C)cc(C(C)c2ccccc2)c1O. The third-order valence-electron chi connectivity index (χ3n) is 9.21. The van der Waals surface area contributed by atoms with E-state index in [0.29, 0.717) is 11.7 Å². The maximum absolute atomic E-state index is 11.6. The Kier molecular flexibility index (Phi) is 15.6. The number of unbranched alkanes of at least 4 members (excludes halogenated alkanes) is 13. The molecule has 1 heteroatoms. The van der Waals surface area contributed by atoms with E-state index in [1.807, 2.05) is 0 Å². The summed E-state index contributed by atoms with van der Waals surface area (Å²) in [5, 5.41) is 11.6. The second kappa shape index (κ2) is 18.0. The smallest absolute Gasteiger partial charge is 0.122 e. The second-order valence-electron chi connectivity index (χ2n) is 15.0. The van der Waals surface area contributed by atoms with Gasteiger partial charge in [0.25, 0.3) is 0 Å². The first-order valence-corrected chi connectivity index (χ1v) is 17.4. The van der Waals surface area contributed by atoms with Crippen LogP contribution in [0.15, 0.2) is 42.5 Å². The van der Waals surface area contributed by atoms with E-state index in [2.05, 4.69) is 97.9 Å². The highest BCUT2D eigenvalue weighted by Gasteiger charge is 2.30. The zero-order chi connectivity index (χ0) is 30.3. The number of phenols is 1. The standard InChI is InChI=1S/C40H66O/c1-9-10-11-12-13-14-15-16-17-18-19-20-21-23-26-32(2)36-29-35(40(7,8)31-39(4,5)6)30-37(38(36)41)33(3)34-27-24-22-25-28-34/h22,24-25,27-30,32-33,41H,9-21,23,26,31H2,1-8H3. The maximum atomic E-state index is 11.6. The number of rotatable bonds is 20.